The lowest BCUT2D eigenvalue weighted by atomic mass is 10.0. The molecule has 0 amide bonds. The van der Waals surface area contributed by atoms with Gasteiger partial charge in [0.1, 0.15) is 0 Å². The van der Waals surface area contributed by atoms with Crippen molar-refractivity contribution in [2.24, 2.45) is 0 Å². The number of hydrogen-bond acceptors (Lipinski definition) is 3. The fourth-order valence-corrected chi connectivity index (χ4v) is 4.06. The number of hydrogen-bond donors (Lipinski definition) is 1. The van der Waals surface area contributed by atoms with Crippen molar-refractivity contribution >= 4 is 15.7 Å². The summed E-state index contributed by atoms with van der Waals surface area (Å²) in [6.45, 7) is 1.83. The van der Waals surface area contributed by atoms with Crippen molar-refractivity contribution in [1.82, 2.24) is 0 Å². The second-order valence-electron chi connectivity index (χ2n) is 5.05. The molecule has 0 atom stereocenters. The zero-order valence-corrected chi connectivity index (χ0v) is 11.8. The Morgan fingerprint density at radius 1 is 1.26 bits per heavy atom. The maximum Gasteiger partial charge on any atom is 0.235 e. The summed E-state index contributed by atoms with van der Waals surface area (Å²) in [6, 6.07) is 7.07. The van der Waals surface area contributed by atoms with Gasteiger partial charge in [-0.05, 0) is 37.5 Å². The molecule has 102 valence electrons. The lowest BCUT2D eigenvalue weighted by Crippen LogP contribution is -2.30. The van der Waals surface area contributed by atoms with Crippen LogP contribution in [0.5, 0.6) is 0 Å². The lowest BCUT2D eigenvalue weighted by molar-refractivity contribution is 0.486. The molecule has 1 aromatic rings. The number of nitrogens with one attached hydrogen (secondary N) is 1. The summed E-state index contributed by atoms with van der Waals surface area (Å²) < 4.78 is 27.3. The highest BCUT2D eigenvalue weighted by molar-refractivity contribution is 7.93. The highest BCUT2D eigenvalue weighted by atomic mass is 32.2. The summed E-state index contributed by atoms with van der Waals surface area (Å²) in [5.41, 5.74) is 1.81. The molecular formula is C14H18N2O2S. The van der Waals surface area contributed by atoms with E-state index in [9.17, 15) is 8.42 Å². The molecule has 0 radical (unpaired) electrons. The van der Waals surface area contributed by atoms with Crippen LogP contribution in [0, 0.1) is 18.3 Å². The molecule has 1 fully saturated rings. The fourth-order valence-electron chi connectivity index (χ4n) is 2.41. The summed E-state index contributed by atoms with van der Waals surface area (Å²) in [7, 11) is -3.34. The van der Waals surface area contributed by atoms with Gasteiger partial charge in [-0.1, -0.05) is 25.3 Å². The van der Waals surface area contributed by atoms with Gasteiger partial charge in [0.25, 0.3) is 0 Å². The molecule has 1 aliphatic rings. The first-order chi connectivity index (χ1) is 9.03. The van der Waals surface area contributed by atoms with Crippen molar-refractivity contribution in [2.45, 2.75) is 44.3 Å². The number of sulfonamides is 1. The molecule has 19 heavy (non-hydrogen) atoms. The Kier molecular flexibility index (Phi) is 4.11. The lowest BCUT2D eigenvalue weighted by Gasteiger charge is -2.23. The molecule has 1 aromatic carbocycles. The number of benzene rings is 1. The van der Waals surface area contributed by atoms with Crippen LogP contribution in [-0.2, 0) is 10.0 Å². The Bertz CT molecular complexity index is 596. The van der Waals surface area contributed by atoms with Crippen LogP contribution in [0.3, 0.4) is 0 Å². The molecule has 1 saturated carbocycles. The third-order valence-corrected chi connectivity index (χ3v) is 5.46. The van der Waals surface area contributed by atoms with E-state index in [2.05, 4.69) is 4.72 Å². The van der Waals surface area contributed by atoms with Gasteiger partial charge in [-0.25, -0.2) is 8.42 Å². The van der Waals surface area contributed by atoms with Crippen LogP contribution in [0.4, 0.5) is 5.69 Å². The minimum atomic E-state index is -3.34. The van der Waals surface area contributed by atoms with Crippen LogP contribution in [0.1, 0.15) is 43.2 Å². The molecule has 2 rings (SSSR count). The SMILES string of the molecule is Cc1ccc(C#N)cc1NS(=O)(=O)C1CCCCC1. The third-order valence-electron chi connectivity index (χ3n) is 3.61. The van der Waals surface area contributed by atoms with Gasteiger partial charge in [0.15, 0.2) is 0 Å². The maximum absolute atomic E-state index is 12.3. The standard InChI is InChI=1S/C14H18N2O2S/c1-11-7-8-12(10-15)9-14(11)16-19(17,18)13-5-3-2-4-6-13/h7-9,13,16H,2-6H2,1H3. The van der Waals surface area contributed by atoms with E-state index < -0.39 is 10.0 Å². The van der Waals surface area contributed by atoms with E-state index in [4.69, 9.17) is 5.26 Å². The van der Waals surface area contributed by atoms with Crippen LogP contribution in [0.15, 0.2) is 18.2 Å². The predicted octanol–water partition coefficient (Wildman–Crippen LogP) is 2.94. The second-order valence-corrected chi connectivity index (χ2v) is 7.01. The highest BCUT2D eigenvalue weighted by Crippen LogP contribution is 2.26. The summed E-state index contributed by atoms with van der Waals surface area (Å²) in [6.07, 6.45) is 4.53. The van der Waals surface area contributed by atoms with Gasteiger partial charge in [0.2, 0.25) is 10.0 Å². The first-order valence-corrected chi connectivity index (χ1v) is 8.10. The molecule has 0 heterocycles. The summed E-state index contributed by atoms with van der Waals surface area (Å²) in [5.74, 6) is 0. The molecule has 0 saturated heterocycles. The van der Waals surface area contributed by atoms with Crippen molar-refractivity contribution in [3.8, 4) is 6.07 Å². The molecule has 1 N–H and O–H groups in total. The average molecular weight is 278 g/mol. The molecule has 0 bridgehead atoms. The van der Waals surface area contributed by atoms with E-state index in [0.29, 0.717) is 11.3 Å². The van der Waals surface area contributed by atoms with Gasteiger partial charge < -0.3 is 0 Å². The van der Waals surface area contributed by atoms with E-state index in [1.54, 1.807) is 18.2 Å². The van der Waals surface area contributed by atoms with Crippen molar-refractivity contribution < 1.29 is 8.42 Å². The van der Waals surface area contributed by atoms with Crippen molar-refractivity contribution in [2.75, 3.05) is 4.72 Å². The minimum absolute atomic E-state index is 0.300. The van der Waals surface area contributed by atoms with Gasteiger partial charge in [-0.2, -0.15) is 5.26 Å². The number of nitrogens with zero attached hydrogens (tertiary/aromatic N) is 1. The van der Waals surface area contributed by atoms with Gasteiger partial charge in [-0.3, -0.25) is 4.72 Å². The summed E-state index contributed by atoms with van der Waals surface area (Å²) in [4.78, 5) is 0. The Morgan fingerprint density at radius 3 is 2.58 bits per heavy atom. The van der Waals surface area contributed by atoms with Crippen molar-refractivity contribution in [3.63, 3.8) is 0 Å². The monoisotopic (exact) mass is 278 g/mol. The Morgan fingerprint density at radius 2 is 1.95 bits per heavy atom. The van der Waals surface area contributed by atoms with Crippen LogP contribution < -0.4 is 4.72 Å². The van der Waals surface area contributed by atoms with E-state index in [1.807, 2.05) is 13.0 Å². The number of nitriles is 1. The predicted molar refractivity (Wildman–Crippen MR) is 75.3 cm³/mol. The van der Waals surface area contributed by atoms with Crippen molar-refractivity contribution in [1.29, 1.82) is 5.26 Å². The minimum Gasteiger partial charge on any atom is -0.283 e. The third kappa shape index (κ3) is 3.27. The van der Waals surface area contributed by atoms with E-state index in [1.165, 1.54) is 0 Å². The number of anilines is 1. The Labute approximate surface area is 114 Å². The topological polar surface area (TPSA) is 70.0 Å². The molecule has 0 unspecified atom stereocenters. The summed E-state index contributed by atoms with van der Waals surface area (Å²) in [5, 5.41) is 8.57. The Hall–Kier alpha value is -1.54. The van der Waals surface area contributed by atoms with Crippen LogP contribution in [0.2, 0.25) is 0 Å². The largest absolute Gasteiger partial charge is 0.283 e. The van der Waals surface area contributed by atoms with Crippen LogP contribution in [-0.4, -0.2) is 13.7 Å². The van der Waals surface area contributed by atoms with Gasteiger partial charge in [-0.15, -0.1) is 0 Å². The summed E-state index contributed by atoms with van der Waals surface area (Å²) >= 11 is 0. The van der Waals surface area contributed by atoms with Crippen molar-refractivity contribution in [3.05, 3.63) is 29.3 Å². The fraction of sp³-hybridized carbons (Fsp3) is 0.500. The molecular weight excluding hydrogens is 260 g/mol. The molecule has 4 nitrogen and oxygen atoms in total. The quantitative estimate of drug-likeness (QED) is 0.924. The Balaban J connectivity index is 2.22. The number of rotatable bonds is 3. The molecule has 0 aliphatic heterocycles. The smallest absolute Gasteiger partial charge is 0.235 e. The van der Waals surface area contributed by atoms with Crippen LogP contribution in [0.25, 0.3) is 0 Å². The average Bonchev–Trinajstić information content (AvgIpc) is 2.42. The first kappa shape index (κ1) is 13.9. The number of aryl methyl sites for hydroxylation is 1. The first-order valence-electron chi connectivity index (χ1n) is 6.55. The van der Waals surface area contributed by atoms with E-state index >= 15 is 0 Å². The molecule has 1 aliphatic carbocycles. The van der Waals surface area contributed by atoms with Gasteiger partial charge in [0.05, 0.1) is 22.6 Å². The second kappa shape index (κ2) is 5.62. The maximum atomic E-state index is 12.3. The molecule has 0 aromatic heterocycles. The van der Waals surface area contributed by atoms with Crippen LogP contribution >= 0.6 is 0 Å². The highest BCUT2D eigenvalue weighted by Gasteiger charge is 2.27. The van der Waals surface area contributed by atoms with E-state index in [-0.39, 0.29) is 5.25 Å². The molecule has 0 spiro atoms. The zero-order chi connectivity index (χ0) is 13.9. The normalized spacial score (nSPS) is 16.8. The van der Waals surface area contributed by atoms with Gasteiger partial charge in [0, 0.05) is 0 Å². The van der Waals surface area contributed by atoms with E-state index in [0.717, 1.165) is 37.7 Å². The van der Waals surface area contributed by atoms with Gasteiger partial charge >= 0.3 is 0 Å². The zero-order valence-electron chi connectivity index (χ0n) is 11.0. The molecule has 5 heteroatoms.